The van der Waals surface area contributed by atoms with Gasteiger partial charge in [0.1, 0.15) is 24.4 Å². The van der Waals surface area contributed by atoms with Crippen molar-refractivity contribution in [3.05, 3.63) is 33.9 Å². The van der Waals surface area contributed by atoms with Crippen LogP contribution in [0.2, 0.25) is 0 Å². The van der Waals surface area contributed by atoms with Crippen LogP contribution in [0.15, 0.2) is 6.07 Å². The van der Waals surface area contributed by atoms with Crippen molar-refractivity contribution in [1.29, 1.82) is 0 Å². The van der Waals surface area contributed by atoms with Crippen molar-refractivity contribution < 1.29 is 39.8 Å². The molecular formula is C21H30O8. The lowest BCUT2D eigenvalue weighted by molar-refractivity contribution is -0.317. The number of rotatable bonds is 5. The molecule has 8 heteroatoms. The first kappa shape index (κ1) is 22.3. The standard InChI is InChI=1S/C21H30O8/c1-9-7-12-14(10(2)11(9)5-6-22)18(27)21(3,4)19(12)29-20-17(26)16(25)15(24)13(8-23)28-20/h7,13,15-17,19-20,22-26H,5-6,8H2,1-4H3/t13-,15-,16+,17-,19-,20+/m1/s1. The molecule has 2 aliphatic rings. The summed E-state index contributed by atoms with van der Waals surface area (Å²) >= 11 is 0. The Hall–Kier alpha value is -1.39. The molecule has 0 spiro atoms. The molecule has 1 aliphatic heterocycles. The first-order valence-corrected chi connectivity index (χ1v) is 9.80. The van der Waals surface area contributed by atoms with Gasteiger partial charge in [-0.15, -0.1) is 0 Å². The average molecular weight is 410 g/mol. The molecule has 3 rings (SSSR count). The molecule has 1 aromatic rings. The molecule has 8 nitrogen and oxygen atoms in total. The van der Waals surface area contributed by atoms with Crippen molar-refractivity contribution in [2.24, 2.45) is 5.41 Å². The van der Waals surface area contributed by atoms with Gasteiger partial charge >= 0.3 is 0 Å². The average Bonchev–Trinajstić information content (AvgIpc) is 2.85. The fourth-order valence-corrected chi connectivity index (χ4v) is 4.45. The van der Waals surface area contributed by atoms with Gasteiger partial charge in [0.05, 0.1) is 18.1 Å². The van der Waals surface area contributed by atoms with Crippen molar-refractivity contribution in [3.63, 3.8) is 0 Å². The van der Waals surface area contributed by atoms with E-state index in [1.165, 1.54) is 0 Å². The molecule has 0 amide bonds. The Balaban J connectivity index is 2.00. The predicted octanol–water partition coefficient (Wildman–Crippen LogP) is -0.0817. The fourth-order valence-electron chi connectivity index (χ4n) is 4.45. The topological polar surface area (TPSA) is 137 Å². The summed E-state index contributed by atoms with van der Waals surface area (Å²) in [5, 5.41) is 49.1. The van der Waals surface area contributed by atoms with Crippen LogP contribution in [-0.2, 0) is 15.9 Å². The highest BCUT2D eigenvalue weighted by atomic mass is 16.7. The molecule has 1 heterocycles. The molecule has 29 heavy (non-hydrogen) atoms. The van der Waals surface area contributed by atoms with E-state index < -0.39 is 48.8 Å². The number of ketones is 1. The molecule has 1 fully saturated rings. The first-order valence-electron chi connectivity index (χ1n) is 9.80. The van der Waals surface area contributed by atoms with Gasteiger partial charge in [-0.25, -0.2) is 0 Å². The van der Waals surface area contributed by atoms with Gasteiger partial charge in [0.15, 0.2) is 12.1 Å². The monoisotopic (exact) mass is 410 g/mol. The minimum Gasteiger partial charge on any atom is -0.396 e. The van der Waals surface area contributed by atoms with Crippen LogP contribution in [-0.4, -0.2) is 75.2 Å². The summed E-state index contributed by atoms with van der Waals surface area (Å²) in [7, 11) is 0. The summed E-state index contributed by atoms with van der Waals surface area (Å²) in [6.45, 7) is 6.65. The molecule has 0 unspecified atom stereocenters. The van der Waals surface area contributed by atoms with E-state index in [0.717, 1.165) is 16.7 Å². The number of aliphatic hydroxyl groups is 5. The Morgan fingerprint density at radius 3 is 2.34 bits per heavy atom. The van der Waals surface area contributed by atoms with Crippen molar-refractivity contribution in [2.45, 2.75) is 70.9 Å². The molecule has 1 saturated heterocycles. The van der Waals surface area contributed by atoms with Crippen LogP contribution >= 0.6 is 0 Å². The maximum Gasteiger partial charge on any atom is 0.187 e. The number of carbonyl (C=O) groups excluding carboxylic acids is 1. The molecule has 0 bridgehead atoms. The maximum atomic E-state index is 13.2. The number of aliphatic hydroxyl groups excluding tert-OH is 5. The first-order chi connectivity index (χ1) is 13.6. The summed E-state index contributed by atoms with van der Waals surface area (Å²) < 4.78 is 11.5. The maximum absolute atomic E-state index is 13.2. The van der Waals surface area contributed by atoms with Crippen LogP contribution in [0.4, 0.5) is 0 Å². The smallest absolute Gasteiger partial charge is 0.187 e. The van der Waals surface area contributed by atoms with Gasteiger partial charge in [0.25, 0.3) is 0 Å². The number of aryl methyl sites for hydroxylation is 1. The van der Waals surface area contributed by atoms with Gasteiger partial charge in [-0.2, -0.15) is 0 Å². The van der Waals surface area contributed by atoms with E-state index in [2.05, 4.69) is 0 Å². The lowest BCUT2D eigenvalue weighted by Gasteiger charge is -2.42. The third-order valence-electron chi connectivity index (χ3n) is 6.20. The summed E-state index contributed by atoms with van der Waals surface area (Å²) in [6.07, 6.45) is -7.31. The van der Waals surface area contributed by atoms with Crippen LogP contribution in [0.5, 0.6) is 0 Å². The van der Waals surface area contributed by atoms with E-state index >= 15 is 0 Å². The van der Waals surface area contributed by atoms with Crippen LogP contribution in [0.1, 0.15) is 52.6 Å². The molecule has 5 N–H and O–H groups in total. The zero-order chi connectivity index (χ0) is 21.7. The Morgan fingerprint density at radius 1 is 1.10 bits per heavy atom. The molecule has 162 valence electrons. The molecule has 0 saturated carbocycles. The molecule has 0 aromatic heterocycles. The van der Waals surface area contributed by atoms with Crippen molar-refractivity contribution in [2.75, 3.05) is 13.2 Å². The van der Waals surface area contributed by atoms with Gasteiger partial charge in [-0.3, -0.25) is 4.79 Å². The minimum atomic E-state index is -1.55. The minimum absolute atomic E-state index is 0.0250. The number of ether oxygens (including phenoxy) is 2. The predicted molar refractivity (Wildman–Crippen MR) is 102 cm³/mol. The quantitative estimate of drug-likeness (QED) is 0.455. The molecule has 6 atom stereocenters. The number of hydrogen-bond donors (Lipinski definition) is 5. The number of fused-ring (bicyclic) bond motifs is 1. The van der Waals surface area contributed by atoms with Crippen LogP contribution < -0.4 is 0 Å². The summed E-state index contributed by atoms with van der Waals surface area (Å²) in [5.74, 6) is -0.112. The summed E-state index contributed by atoms with van der Waals surface area (Å²) in [6, 6.07) is 1.86. The Labute approximate surface area is 169 Å². The molecular weight excluding hydrogens is 380 g/mol. The second-order valence-electron chi connectivity index (χ2n) is 8.50. The number of benzene rings is 1. The van der Waals surface area contributed by atoms with Crippen molar-refractivity contribution in [1.82, 2.24) is 0 Å². The molecule has 1 aliphatic carbocycles. The normalized spacial score (nSPS) is 33.8. The second-order valence-corrected chi connectivity index (χ2v) is 8.50. The SMILES string of the molecule is Cc1cc2c(c(C)c1CCO)C(=O)C(C)(C)[C@@H]2O[C@@H]1O[C@H](CO)[C@@H](O)[C@H](O)[C@H]1O. The zero-order valence-electron chi connectivity index (χ0n) is 17.1. The van der Waals surface area contributed by atoms with Gasteiger partial charge in [-0.05, 0) is 56.4 Å². The van der Waals surface area contributed by atoms with Crippen molar-refractivity contribution >= 4 is 5.78 Å². The highest BCUT2D eigenvalue weighted by Crippen LogP contribution is 2.50. The van der Waals surface area contributed by atoms with Gasteiger partial charge in [0.2, 0.25) is 0 Å². The van der Waals surface area contributed by atoms with Gasteiger partial charge in [-0.1, -0.05) is 6.07 Å². The Bertz CT molecular complexity index is 787. The van der Waals surface area contributed by atoms with Crippen LogP contribution in [0, 0.1) is 19.3 Å². The lowest BCUT2D eigenvalue weighted by Crippen LogP contribution is -2.59. The summed E-state index contributed by atoms with van der Waals surface area (Å²) in [4.78, 5) is 13.2. The van der Waals surface area contributed by atoms with Crippen LogP contribution in [0.25, 0.3) is 0 Å². The van der Waals surface area contributed by atoms with Gasteiger partial charge < -0.3 is 35.0 Å². The zero-order valence-corrected chi connectivity index (χ0v) is 17.1. The van der Waals surface area contributed by atoms with E-state index in [1.54, 1.807) is 13.8 Å². The highest BCUT2D eigenvalue weighted by molar-refractivity contribution is 6.06. The number of carbonyl (C=O) groups is 1. The van der Waals surface area contributed by atoms with E-state index in [0.29, 0.717) is 17.5 Å². The largest absolute Gasteiger partial charge is 0.396 e. The highest BCUT2D eigenvalue weighted by Gasteiger charge is 2.52. The van der Waals surface area contributed by atoms with Crippen molar-refractivity contribution in [3.8, 4) is 0 Å². The second kappa shape index (κ2) is 8.03. The number of Topliss-reactive ketones (excluding diaryl/α,β-unsaturated/α-hetero) is 1. The molecule has 0 radical (unpaired) electrons. The number of hydrogen-bond acceptors (Lipinski definition) is 8. The molecule has 1 aromatic carbocycles. The summed E-state index contributed by atoms with van der Waals surface area (Å²) in [5.41, 5.74) is 2.88. The fraction of sp³-hybridized carbons (Fsp3) is 0.667. The lowest BCUT2D eigenvalue weighted by atomic mass is 9.86. The Kier molecular flexibility index (Phi) is 6.18. The Morgan fingerprint density at radius 2 is 1.76 bits per heavy atom. The van der Waals surface area contributed by atoms with E-state index in [4.69, 9.17) is 9.47 Å². The van der Waals surface area contributed by atoms with E-state index in [-0.39, 0.29) is 12.4 Å². The third kappa shape index (κ3) is 3.53. The third-order valence-corrected chi connectivity index (χ3v) is 6.20. The van der Waals surface area contributed by atoms with E-state index in [9.17, 15) is 30.3 Å². The van der Waals surface area contributed by atoms with E-state index in [1.807, 2.05) is 19.9 Å². The van der Waals surface area contributed by atoms with Crippen LogP contribution in [0.3, 0.4) is 0 Å². The van der Waals surface area contributed by atoms with Gasteiger partial charge in [0, 0.05) is 12.2 Å².